The topological polar surface area (TPSA) is 164 Å². The Kier molecular flexibility index (Phi) is 6.35. The van der Waals surface area contributed by atoms with E-state index in [-0.39, 0.29) is 36.3 Å². The summed E-state index contributed by atoms with van der Waals surface area (Å²) < 4.78 is 5.91. The van der Waals surface area contributed by atoms with Gasteiger partial charge in [0.1, 0.15) is 17.3 Å². The van der Waals surface area contributed by atoms with Crippen molar-refractivity contribution in [2.45, 2.75) is 19.0 Å². The summed E-state index contributed by atoms with van der Waals surface area (Å²) in [7, 11) is 0. The van der Waals surface area contributed by atoms with Crippen LogP contribution in [0.3, 0.4) is 0 Å². The first-order valence-corrected chi connectivity index (χ1v) is 12.2. The number of aliphatic hydroxyl groups excluding tert-OH is 1. The molecular formula is C27H23N9O3. The summed E-state index contributed by atoms with van der Waals surface area (Å²) in [5.41, 5.74) is 3.03. The fraction of sp³-hybridized carbons (Fsp3) is 0.148. The molecule has 1 unspecified atom stereocenters. The monoisotopic (exact) mass is 521 g/mol. The van der Waals surface area contributed by atoms with Gasteiger partial charge in [-0.3, -0.25) is 9.78 Å². The Balaban J connectivity index is 1.36. The van der Waals surface area contributed by atoms with E-state index in [4.69, 9.17) is 4.42 Å². The van der Waals surface area contributed by atoms with Crippen molar-refractivity contribution in [1.82, 2.24) is 35.5 Å². The molecule has 0 saturated heterocycles. The highest BCUT2D eigenvalue weighted by Gasteiger charge is 2.27. The first-order chi connectivity index (χ1) is 19.1. The normalized spacial score (nSPS) is 14.9. The summed E-state index contributed by atoms with van der Waals surface area (Å²) in [6.07, 6.45) is 3.19. The molecule has 39 heavy (non-hydrogen) atoms. The standard InChI is InChI=1S/C27H23N9O3/c1-15-22-17(24(38)30-15)10-11-21(32-22)33-27-29-13-18(25-35-36-26(39-25)19-9-5-6-12-28-19)23(34-27)31-20(14-37)16-7-3-2-4-8-16/h2-13,15,20,37H,14H2,1H3,(H,30,38)(H2,29,31,32,33,34)/t15?,20-/m1/s1. The van der Waals surface area contributed by atoms with E-state index in [0.717, 1.165) is 5.56 Å². The summed E-state index contributed by atoms with van der Waals surface area (Å²) in [6, 6.07) is 17.6. The SMILES string of the molecule is CC1NC(=O)c2ccc(Nc3ncc(-c4nnc(-c5ccccn5)o4)c(N[C@H](CO)c4ccccc4)n3)nc21. The molecule has 5 heterocycles. The van der Waals surface area contributed by atoms with Crippen LogP contribution in [0.5, 0.6) is 0 Å². The van der Waals surface area contributed by atoms with Crippen LogP contribution in [-0.4, -0.2) is 47.8 Å². The number of aliphatic hydroxyl groups is 1. The van der Waals surface area contributed by atoms with Crippen LogP contribution in [0.4, 0.5) is 17.6 Å². The maximum absolute atomic E-state index is 12.1. The highest BCUT2D eigenvalue weighted by Crippen LogP contribution is 2.31. The minimum Gasteiger partial charge on any atom is -0.414 e. The Labute approximate surface area is 222 Å². The number of rotatable bonds is 8. The second-order valence-corrected chi connectivity index (χ2v) is 8.82. The van der Waals surface area contributed by atoms with Crippen molar-refractivity contribution in [2.24, 2.45) is 0 Å². The molecule has 4 aromatic heterocycles. The molecule has 1 aliphatic heterocycles. The van der Waals surface area contributed by atoms with Crippen LogP contribution in [0.15, 0.2) is 77.5 Å². The van der Waals surface area contributed by atoms with Crippen LogP contribution in [-0.2, 0) is 0 Å². The molecule has 12 nitrogen and oxygen atoms in total. The van der Waals surface area contributed by atoms with Gasteiger partial charge in [-0.2, -0.15) is 4.98 Å². The number of carbonyl (C=O) groups excluding carboxylic acids is 1. The lowest BCUT2D eigenvalue weighted by atomic mass is 10.1. The van der Waals surface area contributed by atoms with Crippen molar-refractivity contribution in [2.75, 3.05) is 17.2 Å². The average molecular weight is 522 g/mol. The molecule has 5 aromatic rings. The fourth-order valence-corrected chi connectivity index (χ4v) is 4.24. The van der Waals surface area contributed by atoms with Gasteiger partial charge in [-0.25, -0.2) is 9.97 Å². The first-order valence-electron chi connectivity index (χ1n) is 12.2. The van der Waals surface area contributed by atoms with Gasteiger partial charge in [0.05, 0.1) is 35.5 Å². The number of benzene rings is 1. The third-order valence-electron chi connectivity index (χ3n) is 6.19. The van der Waals surface area contributed by atoms with Crippen LogP contribution in [0, 0.1) is 0 Å². The quantitative estimate of drug-likeness (QED) is 0.235. The zero-order chi connectivity index (χ0) is 26.8. The number of anilines is 3. The van der Waals surface area contributed by atoms with Gasteiger partial charge in [0, 0.05) is 12.4 Å². The lowest BCUT2D eigenvalue weighted by molar-refractivity contribution is 0.0958. The highest BCUT2D eigenvalue weighted by molar-refractivity contribution is 5.98. The number of nitrogens with one attached hydrogen (secondary N) is 3. The van der Waals surface area contributed by atoms with Gasteiger partial charge in [-0.05, 0) is 36.8 Å². The molecular weight excluding hydrogens is 498 g/mol. The molecule has 2 atom stereocenters. The summed E-state index contributed by atoms with van der Waals surface area (Å²) in [4.78, 5) is 30.0. The van der Waals surface area contributed by atoms with E-state index in [1.807, 2.05) is 43.3 Å². The number of nitrogens with zero attached hydrogens (tertiary/aromatic N) is 6. The van der Waals surface area contributed by atoms with Gasteiger partial charge >= 0.3 is 0 Å². The minimum atomic E-state index is -0.470. The summed E-state index contributed by atoms with van der Waals surface area (Å²) in [5, 5.41) is 27.7. The Morgan fingerprint density at radius 3 is 2.59 bits per heavy atom. The highest BCUT2D eigenvalue weighted by atomic mass is 16.4. The van der Waals surface area contributed by atoms with E-state index in [0.29, 0.717) is 34.2 Å². The number of pyridine rings is 2. The van der Waals surface area contributed by atoms with Crippen LogP contribution < -0.4 is 16.0 Å². The third-order valence-corrected chi connectivity index (χ3v) is 6.19. The molecule has 6 rings (SSSR count). The maximum atomic E-state index is 12.1. The second-order valence-electron chi connectivity index (χ2n) is 8.82. The molecule has 1 aliphatic rings. The number of amides is 1. The van der Waals surface area contributed by atoms with E-state index in [1.54, 1.807) is 36.7 Å². The van der Waals surface area contributed by atoms with E-state index >= 15 is 0 Å². The zero-order valence-corrected chi connectivity index (χ0v) is 20.7. The van der Waals surface area contributed by atoms with Crippen molar-refractivity contribution in [3.8, 4) is 23.0 Å². The Morgan fingerprint density at radius 2 is 1.79 bits per heavy atom. The molecule has 0 radical (unpaired) electrons. The lowest BCUT2D eigenvalue weighted by Crippen LogP contribution is -2.17. The van der Waals surface area contributed by atoms with Crippen LogP contribution in [0.2, 0.25) is 0 Å². The van der Waals surface area contributed by atoms with Gasteiger partial charge < -0.3 is 25.5 Å². The van der Waals surface area contributed by atoms with Crippen molar-refractivity contribution >= 4 is 23.5 Å². The number of hydrogen-bond donors (Lipinski definition) is 4. The average Bonchev–Trinajstić information content (AvgIpc) is 3.57. The van der Waals surface area contributed by atoms with Crippen molar-refractivity contribution in [3.63, 3.8) is 0 Å². The zero-order valence-electron chi connectivity index (χ0n) is 20.7. The van der Waals surface area contributed by atoms with Crippen molar-refractivity contribution < 1.29 is 14.3 Å². The van der Waals surface area contributed by atoms with Crippen molar-refractivity contribution in [1.29, 1.82) is 0 Å². The maximum Gasteiger partial charge on any atom is 0.266 e. The van der Waals surface area contributed by atoms with E-state index in [2.05, 4.69) is 46.1 Å². The Hall–Kier alpha value is -5.23. The predicted octanol–water partition coefficient (Wildman–Crippen LogP) is 3.68. The summed E-state index contributed by atoms with van der Waals surface area (Å²) in [6.45, 7) is 1.68. The summed E-state index contributed by atoms with van der Waals surface area (Å²) >= 11 is 0. The molecule has 0 fully saturated rings. The van der Waals surface area contributed by atoms with Gasteiger partial charge in [-0.15, -0.1) is 10.2 Å². The van der Waals surface area contributed by atoms with Gasteiger partial charge in [0.2, 0.25) is 5.95 Å². The molecule has 0 spiro atoms. The number of aromatic nitrogens is 6. The molecule has 4 N–H and O–H groups in total. The molecule has 1 aromatic carbocycles. The number of hydrogen-bond acceptors (Lipinski definition) is 11. The number of fused-ring (bicyclic) bond motifs is 1. The van der Waals surface area contributed by atoms with Crippen LogP contribution >= 0.6 is 0 Å². The molecule has 12 heteroatoms. The smallest absolute Gasteiger partial charge is 0.266 e. The third kappa shape index (κ3) is 4.88. The van der Waals surface area contributed by atoms with E-state index in [9.17, 15) is 9.90 Å². The molecule has 194 valence electrons. The van der Waals surface area contributed by atoms with Gasteiger partial charge in [0.25, 0.3) is 17.7 Å². The number of carbonyl (C=O) groups is 1. The molecule has 0 aliphatic carbocycles. The van der Waals surface area contributed by atoms with Crippen LogP contribution in [0.25, 0.3) is 23.0 Å². The lowest BCUT2D eigenvalue weighted by Gasteiger charge is -2.19. The molecule has 0 bridgehead atoms. The predicted molar refractivity (Wildman–Crippen MR) is 142 cm³/mol. The minimum absolute atomic E-state index is 0.149. The molecule has 1 amide bonds. The molecule has 0 saturated carbocycles. The van der Waals surface area contributed by atoms with E-state index in [1.165, 1.54) is 0 Å². The largest absolute Gasteiger partial charge is 0.414 e. The fourth-order valence-electron chi connectivity index (χ4n) is 4.24. The van der Waals surface area contributed by atoms with Crippen LogP contribution in [0.1, 0.15) is 40.6 Å². The van der Waals surface area contributed by atoms with Crippen molar-refractivity contribution in [3.05, 3.63) is 89.9 Å². The van der Waals surface area contributed by atoms with Gasteiger partial charge in [-0.1, -0.05) is 36.4 Å². The van der Waals surface area contributed by atoms with E-state index < -0.39 is 6.04 Å². The Bertz CT molecular complexity index is 1630. The van der Waals surface area contributed by atoms with Gasteiger partial charge in [0.15, 0.2) is 0 Å². The summed E-state index contributed by atoms with van der Waals surface area (Å²) in [5.74, 6) is 1.37. The second kappa shape index (κ2) is 10.3. The first kappa shape index (κ1) is 24.1. The Morgan fingerprint density at radius 1 is 0.974 bits per heavy atom.